The summed E-state index contributed by atoms with van der Waals surface area (Å²) < 4.78 is 27.1. The second kappa shape index (κ2) is 6.83. The standard InChI is InChI=1S/C16H15F2NO2/c17-13-5-3-4-12(10-13)11-19(9-8-16(20)21)15-7-2-1-6-14(15)18/h1-7,10H,8-9,11H2,(H,20,21). The number of nitrogens with zero attached hydrogens (tertiary/aromatic N) is 1. The Morgan fingerprint density at radius 1 is 1.10 bits per heavy atom. The number of hydrogen-bond donors (Lipinski definition) is 1. The summed E-state index contributed by atoms with van der Waals surface area (Å²) in [4.78, 5) is 12.3. The Morgan fingerprint density at radius 2 is 1.86 bits per heavy atom. The number of carboxylic acids is 1. The molecule has 0 heterocycles. The highest BCUT2D eigenvalue weighted by atomic mass is 19.1. The van der Waals surface area contributed by atoms with Crippen LogP contribution in [0.2, 0.25) is 0 Å². The average Bonchev–Trinajstić information content (AvgIpc) is 2.44. The van der Waals surface area contributed by atoms with Crippen LogP contribution in [0.15, 0.2) is 48.5 Å². The summed E-state index contributed by atoms with van der Waals surface area (Å²) in [6.45, 7) is 0.388. The first-order valence-corrected chi connectivity index (χ1v) is 6.52. The van der Waals surface area contributed by atoms with Gasteiger partial charge in [-0.3, -0.25) is 4.79 Å². The third-order valence-electron chi connectivity index (χ3n) is 3.05. The van der Waals surface area contributed by atoms with Crippen molar-refractivity contribution in [3.63, 3.8) is 0 Å². The molecule has 0 aliphatic heterocycles. The second-order valence-corrected chi connectivity index (χ2v) is 4.65. The number of carbonyl (C=O) groups is 1. The van der Waals surface area contributed by atoms with Gasteiger partial charge in [-0.2, -0.15) is 0 Å². The van der Waals surface area contributed by atoms with Crippen LogP contribution in [0.25, 0.3) is 0 Å². The predicted octanol–water partition coefficient (Wildman–Crippen LogP) is 3.45. The van der Waals surface area contributed by atoms with E-state index in [9.17, 15) is 13.6 Å². The lowest BCUT2D eigenvalue weighted by molar-refractivity contribution is -0.136. The first-order valence-electron chi connectivity index (χ1n) is 6.52. The molecular weight excluding hydrogens is 276 g/mol. The molecule has 0 aliphatic carbocycles. The topological polar surface area (TPSA) is 40.5 Å². The van der Waals surface area contributed by atoms with E-state index in [1.807, 2.05) is 0 Å². The van der Waals surface area contributed by atoms with Crippen molar-refractivity contribution in [1.29, 1.82) is 0 Å². The van der Waals surface area contributed by atoms with Crippen molar-refractivity contribution in [3.8, 4) is 0 Å². The van der Waals surface area contributed by atoms with E-state index >= 15 is 0 Å². The van der Waals surface area contributed by atoms with Crippen LogP contribution in [-0.4, -0.2) is 17.6 Å². The Kier molecular flexibility index (Phi) is 4.87. The summed E-state index contributed by atoms with van der Waals surface area (Å²) >= 11 is 0. The van der Waals surface area contributed by atoms with Gasteiger partial charge in [0.2, 0.25) is 0 Å². The SMILES string of the molecule is O=C(O)CCN(Cc1cccc(F)c1)c1ccccc1F. The highest BCUT2D eigenvalue weighted by Gasteiger charge is 2.13. The molecule has 0 bridgehead atoms. The Bertz CT molecular complexity index is 631. The fraction of sp³-hybridized carbons (Fsp3) is 0.188. The Labute approximate surface area is 121 Å². The molecular formula is C16H15F2NO2. The van der Waals surface area contributed by atoms with Crippen molar-refractivity contribution < 1.29 is 18.7 Å². The van der Waals surface area contributed by atoms with Crippen molar-refractivity contribution in [1.82, 2.24) is 0 Å². The molecule has 0 saturated carbocycles. The first kappa shape index (κ1) is 15.0. The molecule has 0 spiro atoms. The van der Waals surface area contributed by atoms with E-state index in [1.54, 1.807) is 35.2 Å². The number of rotatable bonds is 6. The third-order valence-corrected chi connectivity index (χ3v) is 3.05. The lowest BCUT2D eigenvalue weighted by Gasteiger charge is -2.24. The van der Waals surface area contributed by atoms with Crippen LogP contribution >= 0.6 is 0 Å². The molecule has 0 fully saturated rings. The van der Waals surface area contributed by atoms with Gasteiger partial charge in [0.1, 0.15) is 11.6 Å². The van der Waals surface area contributed by atoms with Crippen molar-refractivity contribution in [2.75, 3.05) is 11.4 Å². The van der Waals surface area contributed by atoms with Gasteiger partial charge < -0.3 is 10.0 Å². The maximum Gasteiger partial charge on any atom is 0.305 e. The molecule has 0 atom stereocenters. The van der Waals surface area contributed by atoms with Gasteiger partial charge in [0.25, 0.3) is 0 Å². The average molecular weight is 291 g/mol. The summed E-state index contributed by atoms with van der Waals surface area (Å²) in [5, 5.41) is 8.81. The highest BCUT2D eigenvalue weighted by molar-refractivity contribution is 5.67. The van der Waals surface area contributed by atoms with E-state index < -0.39 is 11.8 Å². The number of para-hydroxylation sites is 1. The molecule has 0 unspecified atom stereocenters. The monoisotopic (exact) mass is 291 g/mol. The van der Waals surface area contributed by atoms with Gasteiger partial charge in [-0.1, -0.05) is 24.3 Å². The number of hydrogen-bond acceptors (Lipinski definition) is 2. The fourth-order valence-electron chi connectivity index (χ4n) is 2.08. The van der Waals surface area contributed by atoms with E-state index in [4.69, 9.17) is 5.11 Å². The molecule has 2 rings (SSSR count). The van der Waals surface area contributed by atoms with Gasteiger partial charge in [-0.15, -0.1) is 0 Å². The Hall–Kier alpha value is -2.43. The summed E-state index contributed by atoms with van der Waals surface area (Å²) in [5.74, 6) is -1.77. The fourth-order valence-corrected chi connectivity index (χ4v) is 2.08. The minimum atomic E-state index is -0.962. The summed E-state index contributed by atoms with van der Waals surface area (Å²) in [5.41, 5.74) is 0.964. The van der Waals surface area contributed by atoms with E-state index in [1.165, 1.54) is 18.2 Å². The van der Waals surface area contributed by atoms with Gasteiger partial charge in [0, 0.05) is 13.1 Å². The van der Waals surface area contributed by atoms with Gasteiger partial charge in [0.05, 0.1) is 12.1 Å². The summed E-state index contributed by atoms with van der Waals surface area (Å²) in [6, 6.07) is 12.1. The number of carboxylic acid groups (broad SMARTS) is 1. The number of benzene rings is 2. The van der Waals surface area contributed by atoms with Crippen LogP contribution in [0.4, 0.5) is 14.5 Å². The maximum atomic E-state index is 13.9. The second-order valence-electron chi connectivity index (χ2n) is 4.65. The van der Waals surface area contributed by atoms with Gasteiger partial charge in [-0.25, -0.2) is 8.78 Å². The Morgan fingerprint density at radius 3 is 2.52 bits per heavy atom. The van der Waals surface area contributed by atoms with Crippen molar-refractivity contribution in [3.05, 3.63) is 65.7 Å². The van der Waals surface area contributed by atoms with Crippen LogP contribution < -0.4 is 4.90 Å². The Balaban J connectivity index is 2.23. The summed E-state index contributed by atoms with van der Waals surface area (Å²) in [6.07, 6.45) is -0.121. The zero-order valence-corrected chi connectivity index (χ0v) is 11.3. The number of halogens is 2. The van der Waals surface area contributed by atoms with Crippen LogP contribution in [0.5, 0.6) is 0 Å². The van der Waals surface area contributed by atoms with Crippen LogP contribution in [0.1, 0.15) is 12.0 Å². The molecule has 0 saturated heterocycles. The van der Waals surface area contributed by atoms with Crippen molar-refractivity contribution >= 4 is 11.7 Å². The molecule has 0 radical (unpaired) electrons. The quantitative estimate of drug-likeness (QED) is 0.886. The molecule has 5 heteroatoms. The smallest absolute Gasteiger partial charge is 0.305 e. The molecule has 0 aliphatic rings. The molecule has 21 heavy (non-hydrogen) atoms. The first-order chi connectivity index (χ1) is 10.1. The van der Waals surface area contributed by atoms with Crippen LogP contribution in [-0.2, 0) is 11.3 Å². The zero-order valence-electron chi connectivity index (χ0n) is 11.3. The van der Waals surface area contributed by atoms with E-state index in [-0.39, 0.29) is 25.3 Å². The molecule has 0 aromatic heterocycles. The molecule has 0 amide bonds. The lowest BCUT2D eigenvalue weighted by atomic mass is 10.1. The van der Waals surface area contributed by atoms with Crippen molar-refractivity contribution in [2.45, 2.75) is 13.0 Å². The van der Waals surface area contributed by atoms with Gasteiger partial charge in [0.15, 0.2) is 0 Å². The minimum absolute atomic E-state index is 0.121. The molecule has 3 nitrogen and oxygen atoms in total. The minimum Gasteiger partial charge on any atom is -0.481 e. The van der Waals surface area contributed by atoms with Gasteiger partial charge in [-0.05, 0) is 29.8 Å². The van der Waals surface area contributed by atoms with E-state index in [2.05, 4.69) is 0 Å². The van der Waals surface area contributed by atoms with E-state index in [0.717, 1.165) is 0 Å². The number of anilines is 1. The molecule has 2 aromatic rings. The lowest BCUT2D eigenvalue weighted by Crippen LogP contribution is -2.26. The largest absolute Gasteiger partial charge is 0.481 e. The van der Waals surface area contributed by atoms with E-state index in [0.29, 0.717) is 11.3 Å². The summed E-state index contributed by atoms with van der Waals surface area (Å²) in [7, 11) is 0. The number of aliphatic carboxylic acids is 1. The predicted molar refractivity (Wildman–Crippen MR) is 76.1 cm³/mol. The third kappa shape index (κ3) is 4.27. The maximum absolute atomic E-state index is 13.9. The van der Waals surface area contributed by atoms with Crippen LogP contribution in [0.3, 0.4) is 0 Å². The van der Waals surface area contributed by atoms with Crippen LogP contribution in [0, 0.1) is 11.6 Å². The molecule has 110 valence electrons. The normalized spacial score (nSPS) is 10.4. The van der Waals surface area contributed by atoms with Crippen molar-refractivity contribution in [2.24, 2.45) is 0 Å². The van der Waals surface area contributed by atoms with Gasteiger partial charge >= 0.3 is 5.97 Å². The highest BCUT2D eigenvalue weighted by Crippen LogP contribution is 2.21. The molecule has 2 aromatic carbocycles. The zero-order chi connectivity index (χ0) is 15.2. The molecule has 1 N–H and O–H groups in total.